The van der Waals surface area contributed by atoms with Crippen molar-refractivity contribution in [3.63, 3.8) is 0 Å². The zero-order chi connectivity index (χ0) is 10.1. The first-order chi connectivity index (χ1) is 6.66. The maximum absolute atomic E-state index is 11.2. The van der Waals surface area contributed by atoms with Crippen molar-refractivity contribution in [2.75, 3.05) is 26.2 Å². The Bertz CT molecular complexity index is 266. The minimum absolute atomic E-state index is 0.207. The summed E-state index contributed by atoms with van der Waals surface area (Å²) in [4.78, 5) is 25.6. The number of nitrogens with one attached hydrogen (secondary N) is 2. The van der Waals surface area contributed by atoms with E-state index in [1.54, 1.807) is 9.80 Å². The lowest BCUT2D eigenvalue weighted by atomic mass is 10.7. The van der Waals surface area contributed by atoms with Crippen LogP contribution in [-0.2, 0) is 0 Å². The summed E-state index contributed by atoms with van der Waals surface area (Å²) in [6.07, 6.45) is 0. The van der Waals surface area contributed by atoms with Crippen molar-refractivity contribution in [3.8, 4) is 0 Å². The largest absolute Gasteiger partial charge is 0.323 e. The highest BCUT2D eigenvalue weighted by Gasteiger charge is 2.26. The van der Waals surface area contributed by atoms with Crippen molar-refractivity contribution in [1.29, 1.82) is 0 Å². The monoisotopic (exact) mass is 196 g/mol. The summed E-state index contributed by atoms with van der Waals surface area (Å²) in [5.41, 5.74) is 0. The fraction of sp³-hybridized carbons (Fsp3) is 0.500. The number of carbonyl (C=O) groups excluding carboxylic acids is 2. The zero-order valence-electron chi connectivity index (χ0n) is 7.75. The van der Waals surface area contributed by atoms with Crippen LogP contribution in [0.25, 0.3) is 0 Å². The predicted octanol–water partition coefficient (Wildman–Crippen LogP) is -0.492. The van der Waals surface area contributed by atoms with Crippen molar-refractivity contribution in [3.05, 3.63) is 12.4 Å². The average molecular weight is 196 g/mol. The second kappa shape index (κ2) is 3.21. The molecule has 0 spiro atoms. The van der Waals surface area contributed by atoms with E-state index >= 15 is 0 Å². The summed E-state index contributed by atoms with van der Waals surface area (Å²) in [5.74, 6) is 0.235. The number of amides is 4. The standard InChI is InChI=1S/C8H12N4O2/c1-6(9-7(13)11-2-3-11)10-8(14)12-4-5-12/h1-5H2,(H,9,13)(H,10,14). The van der Waals surface area contributed by atoms with Gasteiger partial charge in [-0.2, -0.15) is 0 Å². The quantitative estimate of drug-likeness (QED) is 0.585. The molecule has 6 heteroatoms. The van der Waals surface area contributed by atoms with Crippen LogP contribution in [0.3, 0.4) is 0 Å². The molecule has 2 heterocycles. The molecule has 6 nitrogen and oxygen atoms in total. The normalized spacial score (nSPS) is 17.4. The molecule has 2 saturated heterocycles. The van der Waals surface area contributed by atoms with Gasteiger partial charge in [-0.15, -0.1) is 0 Å². The van der Waals surface area contributed by atoms with E-state index in [2.05, 4.69) is 17.2 Å². The number of hydrogen-bond donors (Lipinski definition) is 2. The minimum Gasteiger partial charge on any atom is -0.321 e. The lowest BCUT2D eigenvalue weighted by molar-refractivity contribution is 0.227. The maximum atomic E-state index is 11.2. The lowest BCUT2D eigenvalue weighted by Crippen LogP contribution is -2.38. The van der Waals surface area contributed by atoms with Crippen LogP contribution < -0.4 is 10.6 Å². The van der Waals surface area contributed by atoms with Gasteiger partial charge in [-0.1, -0.05) is 6.58 Å². The van der Waals surface area contributed by atoms with Crippen LogP contribution in [0.5, 0.6) is 0 Å². The third-order valence-corrected chi connectivity index (χ3v) is 1.98. The van der Waals surface area contributed by atoms with Gasteiger partial charge in [0.25, 0.3) is 0 Å². The Kier molecular flexibility index (Phi) is 2.03. The van der Waals surface area contributed by atoms with Gasteiger partial charge in [0.1, 0.15) is 5.82 Å². The molecule has 2 fully saturated rings. The maximum Gasteiger partial charge on any atom is 0.323 e. The number of hydrogen-bond acceptors (Lipinski definition) is 2. The molecule has 2 aliphatic heterocycles. The van der Waals surface area contributed by atoms with Gasteiger partial charge in [-0.05, 0) is 0 Å². The van der Waals surface area contributed by atoms with Gasteiger partial charge in [0.05, 0.1) is 0 Å². The Balaban J connectivity index is 1.71. The van der Waals surface area contributed by atoms with Gasteiger partial charge in [0.15, 0.2) is 0 Å². The Morgan fingerprint density at radius 2 is 1.29 bits per heavy atom. The van der Waals surface area contributed by atoms with Crippen molar-refractivity contribution in [1.82, 2.24) is 20.4 Å². The highest BCUT2D eigenvalue weighted by Crippen LogP contribution is 2.05. The Morgan fingerprint density at radius 1 is 0.929 bits per heavy atom. The zero-order valence-corrected chi connectivity index (χ0v) is 7.75. The third-order valence-electron chi connectivity index (χ3n) is 1.98. The van der Waals surface area contributed by atoms with Gasteiger partial charge in [-0.3, -0.25) is 10.6 Å². The second-order valence-electron chi connectivity index (χ2n) is 3.31. The first-order valence-electron chi connectivity index (χ1n) is 4.47. The van der Waals surface area contributed by atoms with E-state index in [1.165, 1.54) is 0 Å². The topological polar surface area (TPSA) is 64.2 Å². The van der Waals surface area contributed by atoms with Crippen molar-refractivity contribution in [2.24, 2.45) is 0 Å². The fourth-order valence-corrected chi connectivity index (χ4v) is 0.954. The minimum atomic E-state index is -0.207. The number of nitrogens with zero attached hydrogens (tertiary/aromatic N) is 2. The van der Waals surface area contributed by atoms with Gasteiger partial charge >= 0.3 is 12.1 Å². The fourth-order valence-electron chi connectivity index (χ4n) is 0.954. The Morgan fingerprint density at radius 3 is 1.57 bits per heavy atom. The highest BCUT2D eigenvalue weighted by molar-refractivity contribution is 5.81. The molecule has 0 bridgehead atoms. The van der Waals surface area contributed by atoms with E-state index in [-0.39, 0.29) is 17.9 Å². The Labute approximate surface area is 81.5 Å². The molecule has 0 aromatic rings. The summed E-state index contributed by atoms with van der Waals surface area (Å²) in [5, 5.41) is 4.98. The smallest absolute Gasteiger partial charge is 0.321 e. The van der Waals surface area contributed by atoms with E-state index in [1.807, 2.05) is 0 Å². The molecular formula is C8H12N4O2. The van der Waals surface area contributed by atoms with Crippen LogP contribution in [0.2, 0.25) is 0 Å². The van der Waals surface area contributed by atoms with Crippen LogP contribution in [0.4, 0.5) is 9.59 Å². The van der Waals surface area contributed by atoms with Gasteiger partial charge in [-0.25, -0.2) is 9.59 Å². The molecule has 0 atom stereocenters. The van der Waals surface area contributed by atoms with E-state index in [0.29, 0.717) is 0 Å². The molecule has 0 aromatic carbocycles. The summed E-state index contributed by atoms with van der Waals surface area (Å²) >= 11 is 0. The van der Waals surface area contributed by atoms with Crippen LogP contribution in [0, 0.1) is 0 Å². The number of carbonyl (C=O) groups is 2. The third kappa shape index (κ3) is 2.15. The molecular weight excluding hydrogens is 184 g/mol. The van der Waals surface area contributed by atoms with E-state index in [9.17, 15) is 9.59 Å². The van der Waals surface area contributed by atoms with Crippen LogP contribution in [-0.4, -0.2) is 48.0 Å². The molecule has 0 saturated carbocycles. The van der Waals surface area contributed by atoms with Crippen molar-refractivity contribution < 1.29 is 9.59 Å². The second-order valence-corrected chi connectivity index (χ2v) is 3.31. The predicted molar refractivity (Wildman–Crippen MR) is 49.3 cm³/mol. The van der Waals surface area contributed by atoms with E-state index in [0.717, 1.165) is 26.2 Å². The van der Waals surface area contributed by atoms with Crippen LogP contribution in [0.15, 0.2) is 12.4 Å². The number of rotatable bonds is 2. The molecule has 0 aliphatic carbocycles. The van der Waals surface area contributed by atoms with Crippen molar-refractivity contribution >= 4 is 12.1 Å². The molecule has 0 aromatic heterocycles. The van der Waals surface area contributed by atoms with E-state index < -0.39 is 0 Å². The highest BCUT2D eigenvalue weighted by atomic mass is 16.2. The van der Waals surface area contributed by atoms with Crippen molar-refractivity contribution in [2.45, 2.75) is 0 Å². The Hall–Kier alpha value is -1.72. The van der Waals surface area contributed by atoms with E-state index in [4.69, 9.17) is 0 Å². The summed E-state index contributed by atoms with van der Waals surface area (Å²) in [6.45, 7) is 6.65. The van der Waals surface area contributed by atoms with Gasteiger partial charge < -0.3 is 9.80 Å². The SMILES string of the molecule is C=C(NC(=O)N1CC1)NC(=O)N1CC1. The lowest BCUT2D eigenvalue weighted by Gasteiger charge is -2.10. The molecule has 0 radical (unpaired) electrons. The van der Waals surface area contributed by atoms with Crippen LogP contribution in [0.1, 0.15) is 0 Å². The summed E-state index contributed by atoms with van der Waals surface area (Å²) in [6, 6.07) is -0.415. The molecule has 76 valence electrons. The molecule has 4 amide bonds. The number of urea groups is 2. The molecule has 2 rings (SSSR count). The summed E-state index contributed by atoms with van der Waals surface area (Å²) in [7, 11) is 0. The molecule has 0 unspecified atom stereocenters. The van der Waals surface area contributed by atoms with Gasteiger partial charge in [0.2, 0.25) is 0 Å². The average Bonchev–Trinajstić information content (AvgIpc) is 2.98. The van der Waals surface area contributed by atoms with Crippen LogP contribution >= 0.6 is 0 Å². The molecule has 2 N–H and O–H groups in total. The van der Waals surface area contributed by atoms with Gasteiger partial charge in [0, 0.05) is 26.2 Å². The molecule has 2 aliphatic rings. The first kappa shape index (κ1) is 8.86. The molecule has 14 heavy (non-hydrogen) atoms. The summed E-state index contributed by atoms with van der Waals surface area (Å²) < 4.78 is 0. The first-order valence-corrected chi connectivity index (χ1v) is 4.47.